The van der Waals surface area contributed by atoms with Crippen molar-refractivity contribution in [3.63, 3.8) is 0 Å². The molecule has 50 valence electrons. The molecule has 4 heteroatoms. The summed E-state index contributed by atoms with van der Waals surface area (Å²) in [5.41, 5.74) is 0. The fourth-order valence-corrected chi connectivity index (χ4v) is 0.459. The van der Waals surface area contributed by atoms with E-state index < -0.39 is 5.97 Å². The monoisotopic (exact) mass is 130 g/mol. The van der Waals surface area contributed by atoms with E-state index in [2.05, 4.69) is 14.5 Å². The van der Waals surface area contributed by atoms with Gasteiger partial charge in [0.05, 0.1) is 7.11 Å². The highest BCUT2D eigenvalue weighted by molar-refractivity contribution is 5.86. The lowest BCUT2D eigenvalue weighted by molar-refractivity contribution is -0.237. The Kier molecular flexibility index (Phi) is 1.69. The van der Waals surface area contributed by atoms with E-state index >= 15 is 0 Å². The van der Waals surface area contributed by atoms with Crippen molar-refractivity contribution in [1.29, 1.82) is 0 Å². The van der Waals surface area contributed by atoms with Crippen molar-refractivity contribution >= 4 is 5.97 Å². The van der Waals surface area contributed by atoms with Crippen LogP contribution in [0, 0.1) is 0 Å². The van der Waals surface area contributed by atoms with Gasteiger partial charge in [-0.25, -0.2) is 4.79 Å². The third kappa shape index (κ3) is 1.20. The fraction of sp³-hybridized carbons (Fsp3) is 0.400. The highest BCUT2D eigenvalue weighted by Crippen LogP contribution is 2.06. The molecule has 0 aliphatic carbocycles. The molecule has 0 bridgehead atoms. The number of carbonyl (C=O) groups is 1. The van der Waals surface area contributed by atoms with E-state index in [9.17, 15) is 4.79 Å². The molecule has 1 aliphatic heterocycles. The van der Waals surface area contributed by atoms with Gasteiger partial charge in [0.1, 0.15) is 6.61 Å². The van der Waals surface area contributed by atoms with Crippen LogP contribution < -0.4 is 0 Å². The Morgan fingerprint density at radius 2 is 2.67 bits per heavy atom. The molecule has 1 aliphatic rings. The van der Waals surface area contributed by atoms with Gasteiger partial charge in [0.15, 0.2) is 0 Å². The van der Waals surface area contributed by atoms with Gasteiger partial charge in [0.25, 0.3) is 0 Å². The molecule has 4 nitrogen and oxygen atoms in total. The summed E-state index contributed by atoms with van der Waals surface area (Å²) < 4.78 is 4.32. The number of hydrogen-bond donors (Lipinski definition) is 0. The molecular weight excluding hydrogens is 124 g/mol. The number of esters is 1. The summed E-state index contributed by atoms with van der Waals surface area (Å²) in [4.78, 5) is 19.3. The van der Waals surface area contributed by atoms with Crippen molar-refractivity contribution < 1.29 is 19.3 Å². The number of ether oxygens (including phenoxy) is 1. The van der Waals surface area contributed by atoms with E-state index in [1.807, 2.05) is 0 Å². The predicted molar refractivity (Wildman–Crippen MR) is 27.1 cm³/mol. The molecule has 0 aromatic heterocycles. The summed E-state index contributed by atoms with van der Waals surface area (Å²) in [7, 11) is 1.28. The predicted octanol–water partition coefficient (Wildman–Crippen LogP) is 0.00510. The van der Waals surface area contributed by atoms with Gasteiger partial charge in [-0.1, -0.05) is 0 Å². The zero-order valence-corrected chi connectivity index (χ0v) is 4.92. The Balaban J connectivity index is 2.51. The first kappa shape index (κ1) is 6.10. The Morgan fingerprint density at radius 1 is 1.89 bits per heavy atom. The maximum absolute atomic E-state index is 10.5. The first-order chi connectivity index (χ1) is 4.34. The molecule has 0 aromatic carbocycles. The second-order valence-electron chi connectivity index (χ2n) is 1.43. The van der Waals surface area contributed by atoms with Gasteiger partial charge in [-0.05, 0) is 6.08 Å². The molecule has 0 saturated carbocycles. The van der Waals surface area contributed by atoms with Gasteiger partial charge in [0, 0.05) is 0 Å². The molecule has 1 rings (SSSR count). The zero-order valence-electron chi connectivity index (χ0n) is 4.92. The van der Waals surface area contributed by atoms with Crippen LogP contribution in [0.5, 0.6) is 0 Å². The Labute approximate surface area is 51.9 Å². The van der Waals surface area contributed by atoms with Gasteiger partial charge in [0.2, 0.25) is 5.76 Å². The summed E-state index contributed by atoms with van der Waals surface area (Å²) in [6.45, 7) is 0.310. The minimum Gasteiger partial charge on any atom is -0.463 e. The lowest BCUT2D eigenvalue weighted by atomic mass is 10.5. The van der Waals surface area contributed by atoms with Gasteiger partial charge in [-0.2, -0.15) is 4.89 Å². The van der Waals surface area contributed by atoms with Gasteiger partial charge in [-0.15, -0.1) is 0 Å². The van der Waals surface area contributed by atoms with Crippen molar-refractivity contribution in [2.75, 3.05) is 13.7 Å². The van der Waals surface area contributed by atoms with Crippen molar-refractivity contribution in [2.45, 2.75) is 0 Å². The van der Waals surface area contributed by atoms with Crippen LogP contribution >= 0.6 is 0 Å². The molecule has 0 fully saturated rings. The molecule has 0 N–H and O–H groups in total. The zero-order chi connectivity index (χ0) is 6.69. The Morgan fingerprint density at radius 3 is 3.11 bits per heavy atom. The third-order valence-corrected chi connectivity index (χ3v) is 0.872. The number of carbonyl (C=O) groups excluding carboxylic acids is 1. The molecule has 0 saturated heterocycles. The van der Waals surface area contributed by atoms with E-state index in [0.717, 1.165) is 0 Å². The smallest absolute Gasteiger partial charge is 0.377 e. The van der Waals surface area contributed by atoms with Crippen LogP contribution in [0.3, 0.4) is 0 Å². The summed E-state index contributed by atoms with van der Waals surface area (Å²) in [5, 5.41) is 0. The number of hydrogen-bond acceptors (Lipinski definition) is 4. The lowest BCUT2D eigenvalue weighted by Crippen LogP contribution is -2.03. The second-order valence-corrected chi connectivity index (χ2v) is 1.43. The second kappa shape index (κ2) is 2.50. The largest absolute Gasteiger partial charge is 0.463 e. The van der Waals surface area contributed by atoms with Gasteiger partial charge < -0.3 is 9.62 Å². The van der Waals surface area contributed by atoms with Crippen LogP contribution in [0.2, 0.25) is 0 Å². The minimum atomic E-state index is -0.507. The molecular formula is C5H6O4. The summed E-state index contributed by atoms with van der Waals surface area (Å²) in [6, 6.07) is 0. The lowest BCUT2D eigenvalue weighted by Gasteiger charge is -1.95. The van der Waals surface area contributed by atoms with Crippen LogP contribution in [0.15, 0.2) is 11.8 Å². The highest BCUT2D eigenvalue weighted by atomic mass is 17.2. The number of methoxy groups -OCH3 is 1. The van der Waals surface area contributed by atoms with E-state index in [-0.39, 0.29) is 5.76 Å². The topological polar surface area (TPSA) is 44.8 Å². The maximum atomic E-state index is 10.5. The van der Waals surface area contributed by atoms with E-state index in [4.69, 9.17) is 0 Å². The Bertz CT molecular complexity index is 149. The first-order valence-corrected chi connectivity index (χ1v) is 2.42. The van der Waals surface area contributed by atoms with Crippen LogP contribution in [0.4, 0.5) is 0 Å². The third-order valence-electron chi connectivity index (χ3n) is 0.872. The van der Waals surface area contributed by atoms with Crippen molar-refractivity contribution in [3.05, 3.63) is 11.8 Å². The molecule has 0 atom stereocenters. The summed E-state index contributed by atoms with van der Waals surface area (Å²) in [6.07, 6.45) is 1.51. The van der Waals surface area contributed by atoms with Crippen LogP contribution in [0.25, 0.3) is 0 Å². The molecule has 1 heterocycles. The van der Waals surface area contributed by atoms with E-state index in [0.29, 0.717) is 6.61 Å². The quantitative estimate of drug-likeness (QED) is 0.370. The number of rotatable bonds is 1. The van der Waals surface area contributed by atoms with Gasteiger partial charge in [-0.3, -0.25) is 0 Å². The molecule has 0 spiro atoms. The van der Waals surface area contributed by atoms with Crippen molar-refractivity contribution in [2.24, 2.45) is 0 Å². The Hall–Kier alpha value is -1.03. The molecule has 9 heavy (non-hydrogen) atoms. The van der Waals surface area contributed by atoms with Crippen molar-refractivity contribution in [1.82, 2.24) is 0 Å². The first-order valence-electron chi connectivity index (χ1n) is 2.42. The van der Waals surface area contributed by atoms with E-state index in [1.54, 1.807) is 0 Å². The fourth-order valence-electron chi connectivity index (χ4n) is 0.459. The van der Waals surface area contributed by atoms with Crippen LogP contribution in [-0.2, 0) is 19.3 Å². The van der Waals surface area contributed by atoms with Crippen molar-refractivity contribution in [3.8, 4) is 0 Å². The average Bonchev–Trinajstić information content (AvgIpc) is 2.37. The minimum absolute atomic E-state index is 0.123. The maximum Gasteiger partial charge on any atom is 0.377 e. The molecule has 0 amide bonds. The molecule has 0 radical (unpaired) electrons. The standard InChI is InChI=1S/C5H6O4/c1-7-5(6)4-2-3-8-9-4/h2H,3H2,1H3. The summed E-state index contributed by atoms with van der Waals surface area (Å²) >= 11 is 0. The van der Waals surface area contributed by atoms with Gasteiger partial charge >= 0.3 is 5.97 Å². The average molecular weight is 130 g/mol. The van der Waals surface area contributed by atoms with E-state index in [1.165, 1.54) is 13.2 Å². The SMILES string of the molecule is COC(=O)C1=CCOO1. The summed E-state index contributed by atoms with van der Waals surface area (Å²) in [5.74, 6) is -0.384. The normalized spacial score (nSPS) is 16.3. The van der Waals surface area contributed by atoms with Crippen LogP contribution in [-0.4, -0.2) is 19.7 Å². The van der Waals surface area contributed by atoms with Crippen LogP contribution in [0.1, 0.15) is 0 Å². The molecule has 0 unspecified atom stereocenters. The molecule has 0 aromatic rings. The highest BCUT2D eigenvalue weighted by Gasteiger charge is 2.16.